The Balaban J connectivity index is 1.34. The molecule has 0 amide bonds. The predicted octanol–water partition coefficient (Wildman–Crippen LogP) is 5.82. The minimum absolute atomic E-state index is 0.282. The van der Waals surface area contributed by atoms with Gasteiger partial charge in [0.2, 0.25) is 0 Å². The third-order valence-corrected chi connectivity index (χ3v) is 11.9. The minimum Gasteiger partial charge on any atom is -0.390 e. The van der Waals surface area contributed by atoms with E-state index in [0.717, 1.165) is 74.8 Å². The fraction of sp³-hybridized carbons (Fsp3) is 0.966. The van der Waals surface area contributed by atoms with Crippen LogP contribution in [0.1, 0.15) is 104 Å². The molecule has 0 saturated heterocycles. The maximum absolute atomic E-state index is 11.5. The molecule has 35 heavy (non-hydrogen) atoms. The van der Waals surface area contributed by atoms with E-state index in [1.165, 1.54) is 44.9 Å². The fourth-order valence-electron chi connectivity index (χ4n) is 10.2. The monoisotopic (exact) mass is 486 g/mol. The summed E-state index contributed by atoms with van der Waals surface area (Å²) < 4.78 is 8.01. The molecule has 1 heterocycles. The Bertz CT molecular complexity index is 875. The first kappa shape index (κ1) is 25.6. The molecule has 0 radical (unpaired) electrons. The lowest BCUT2D eigenvalue weighted by Crippen LogP contribution is -2.58. The van der Waals surface area contributed by atoms with Gasteiger partial charge >= 0.3 is 0 Å². The molecule has 0 bridgehead atoms. The molecule has 4 aliphatic rings. The third-order valence-electron chi connectivity index (χ3n) is 11.9. The van der Waals surface area contributed by atoms with Crippen molar-refractivity contribution in [1.29, 1.82) is 0 Å². The van der Waals surface area contributed by atoms with Gasteiger partial charge in [0.05, 0.1) is 12.2 Å². The number of tetrazole rings is 1. The van der Waals surface area contributed by atoms with Gasteiger partial charge in [-0.15, -0.1) is 5.10 Å². The van der Waals surface area contributed by atoms with E-state index in [9.17, 15) is 5.11 Å². The SMILES string of the molecule is CCCC[C@@]1(O)CC[C@@]2(COC)[C@H](CC[C@H]3[C@@H]4CC[C@H]([C@H](C)Cn5nnnc5C)[C@@]4(C)CC[C@@H]32)C1. The van der Waals surface area contributed by atoms with E-state index >= 15 is 0 Å². The summed E-state index contributed by atoms with van der Waals surface area (Å²) in [6.45, 7) is 11.2. The molecule has 6 nitrogen and oxygen atoms in total. The Morgan fingerprint density at radius 1 is 1.11 bits per heavy atom. The van der Waals surface area contributed by atoms with Gasteiger partial charge in [0.25, 0.3) is 0 Å². The summed E-state index contributed by atoms with van der Waals surface area (Å²) in [6.07, 6.45) is 14.5. The van der Waals surface area contributed by atoms with Gasteiger partial charge in [0.1, 0.15) is 5.82 Å². The van der Waals surface area contributed by atoms with Crippen molar-refractivity contribution >= 4 is 0 Å². The van der Waals surface area contributed by atoms with Crippen LogP contribution in [-0.2, 0) is 11.3 Å². The molecule has 1 N–H and O–H groups in total. The first-order valence-electron chi connectivity index (χ1n) is 14.7. The molecule has 1 aromatic heterocycles. The number of rotatable bonds is 8. The van der Waals surface area contributed by atoms with Crippen LogP contribution in [0.5, 0.6) is 0 Å². The van der Waals surface area contributed by atoms with Crippen molar-refractivity contribution < 1.29 is 9.84 Å². The zero-order valence-corrected chi connectivity index (χ0v) is 23.0. The van der Waals surface area contributed by atoms with Gasteiger partial charge in [-0.05, 0) is 128 Å². The van der Waals surface area contributed by atoms with Crippen LogP contribution in [-0.4, -0.2) is 44.6 Å². The van der Waals surface area contributed by atoms with E-state index in [4.69, 9.17) is 4.74 Å². The van der Waals surface area contributed by atoms with Crippen LogP contribution in [0, 0.1) is 53.3 Å². The maximum Gasteiger partial charge on any atom is 0.148 e. The van der Waals surface area contributed by atoms with Gasteiger partial charge in [-0.25, -0.2) is 4.68 Å². The quantitative estimate of drug-likeness (QED) is 0.501. The first-order valence-corrected chi connectivity index (χ1v) is 14.7. The Morgan fingerprint density at radius 3 is 2.66 bits per heavy atom. The fourth-order valence-corrected chi connectivity index (χ4v) is 10.2. The molecule has 0 spiro atoms. The van der Waals surface area contributed by atoms with Gasteiger partial charge in [-0.1, -0.05) is 33.6 Å². The van der Waals surface area contributed by atoms with Gasteiger partial charge < -0.3 is 9.84 Å². The van der Waals surface area contributed by atoms with E-state index in [2.05, 4.69) is 36.3 Å². The van der Waals surface area contributed by atoms with Gasteiger partial charge in [-0.3, -0.25) is 0 Å². The molecule has 1 aromatic rings. The summed E-state index contributed by atoms with van der Waals surface area (Å²) in [7, 11) is 1.91. The molecule has 0 aliphatic heterocycles. The second-order valence-corrected chi connectivity index (χ2v) is 13.5. The molecular formula is C29H50N4O2. The number of hydrogen-bond donors (Lipinski definition) is 1. The number of aromatic nitrogens is 4. The van der Waals surface area contributed by atoms with E-state index in [-0.39, 0.29) is 5.41 Å². The van der Waals surface area contributed by atoms with Crippen LogP contribution < -0.4 is 0 Å². The van der Waals surface area contributed by atoms with Crippen molar-refractivity contribution in [3.63, 3.8) is 0 Å². The summed E-state index contributed by atoms with van der Waals surface area (Å²) in [5.74, 6) is 5.33. The minimum atomic E-state index is -0.434. The standard InChI is InChI=1S/C29H50N4O2/c1-6-7-13-28(34)15-16-29(19-35-5)22(17-28)8-9-23-25-11-10-24(27(25,4)14-12-26(23)29)20(2)18-33-21(3)30-31-32-33/h20,22-26,34H,6-19H2,1-5H3/t20-,22-,23+,24-,25+,26+,27-,28-,29-/m1/s1. The predicted molar refractivity (Wildman–Crippen MR) is 138 cm³/mol. The van der Waals surface area contributed by atoms with E-state index in [0.29, 0.717) is 17.3 Å². The lowest BCUT2D eigenvalue weighted by Gasteiger charge is -2.63. The number of aryl methyl sites for hydroxylation is 1. The number of hydrogen-bond acceptors (Lipinski definition) is 5. The Kier molecular flexibility index (Phi) is 7.10. The lowest BCUT2D eigenvalue weighted by molar-refractivity contribution is -0.180. The van der Waals surface area contributed by atoms with Crippen LogP contribution in [0.25, 0.3) is 0 Å². The molecule has 0 aromatic carbocycles. The first-order chi connectivity index (χ1) is 16.8. The second-order valence-electron chi connectivity index (χ2n) is 13.5. The van der Waals surface area contributed by atoms with Gasteiger partial charge in [0, 0.05) is 13.7 Å². The number of aliphatic hydroxyl groups is 1. The molecule has 4 fully saturated rings. The van der Waals surface area contributed by atoms with Crippen LogP contribution in [0.3, 0.4) is 0 Å². The van der Waals surface area contributed by atoms with Crippen molar-refractivity contribution in [2.45, 2.75) is 117 Å². The van der Waals surface area contributed by atoms with Crippen LogP contribution in [0.2, 0.25) is 0 Å². The van der Waals surface area contributed by atoms with Crippen molar-refractivity contribution in [2.24, 2.45) is 46.3 Å². The van der Waals surface area contributed by atoms with Gasteiger partial charge in [0.15, 0.2) is 0 Å². The number of methoxy groups -OCH3 is 1. The molecule has 6 heteroatoms. The third kappa shape index (κ3) is 4.28. The molecule has 0 unspecified atom stereocenters. The smallest absolute Gasteiger partial charge is 0.148 e. The van der Waals surface area contributed by atoms with Crippen LogP contribution in [0.4, 0.5) is 0 Å². The van der Waals surface area contributed by atoms with Crippen molar-refractivity contribution in [3.05, 3.63) is 5.82 Å². The van der Waals surface area contributed by atoms with Crippen molar-refractivity contribution in [2.75, 3.05) is 13.7 Å². The Labute approximate surface area is 213 Å². The molecule has 198 valence electrons. The summed E-state index contributed by atoms with van der Waals surface area (Å²) >= 11 is 0. The van der Waals surface area contributed by atoms with E-state index < -0.39 is 5.60 Å². The lowest BCUT2D eigenvalue weighted by atomic mass is 9.43. The van der Waals surface area contributed by atoms with Crippen molar-refractivity contribution in [3.8, 4) is 0 Å². The molecule has 9 atom stereocenters. The van der Waals surface area contributed by atoms with Crippen LogP contribution in [0.15, 0.2) is 0 Å². The molecule has 4 aliphatic carbocycles. The zero-order chi connectivity index (χ0) is 24.8. The zero-order valence-electron chi connectivity index (χ0n) is 23.0. The number of nitrogens with zero attached hydrogens (tertiary/aromatic N) is 4. The Hall–Kier alpha value is -1.01. The molecule has 5 rings (SSSR count). The number of ether oxygens (including phenoxy) is 1. The second kappa shape index (κ2) is 9.70. The molecular weight excluding hydrogens is 436 g/mol. The van der Waals surface area contributed by atoms with E-state index in [1.54, 1.807) is 0 Å². The normalized spacial score (nSPS) is 43.9. The van der Waals surface area contributed by atoms with E-state index in [1.807, 2.05) is 18.7 Å². The summed E-state index contributed by atoms with van der Waals surface area (Å²) in [6, 6.07) is 0. The molecule has 4 saturated carbocycles. The average Bonchev–Trinajstić information content (AvgIpc) is 3.40. The summed E-state index contributed by atoms with van der Waals surface area (Å²) in [4.78, 5) is 0. The average molecular weight is 487 g/mol. The number of unbranched alkanes of at least 4 members (excludes halogenated alkanes) is 1. The summed E-state index contributed by atoms with van der Waals surface area (Å²) in [5.41, 5.74) is 0.279. The highest BCUT2D eigenvalue weighted by Crippen LogP contribution is 2.69. The highest BCUT2D eigenvalue weighted by molar-refractivity contribution is 5.12. The highest BCUT2D eigenvalue weighted by atomic mass is 16.5. The highest BCUT2D eigenvalue weighted by Gasteiger charge is 2.63. The Morgan fingerprint density at radius 2 is 1.94 bits per heavy atom. The summed E-state index contributed by atoms with van der Waals surface area (Å²) in [5, 5.41) is 23.7. The topological polar surface area (TPSA) is 73.1 Å². The van der Waals surface area contributed by atoms with Crippen LogP contribution >= 0.6 is 0 Å². The van der Waals surface area contributed by atoms with Crippen molar-refractivity contribution in [1.82, 2.24) is 20.2 Å². The maximum atomic E-state index is 11.5. The van der Waals surface area contributed by atoms with Gasteiger partial charge in [-0.2, -0.15) is 0 Å². The number of fused-ring (bicyclic) bond motifs is 5. The largest absolute Gasteiger partial charge is 0.390 e.